The number of nitrogens with zero attached hydrogens (tertiary/aromatic N) is 2. The Morgan fingerprint density at radius 1 is 1.32 bits per heavy atom. The van der Waals surface area contributed by atoms with Gasteiger partial charge in [-0.1, -0.05) is 24.0 Å². The lowest BCUT2D eigenvalue weighted by Gasteiger charge is -2.15. The molecule has 0 unspecified atom stereocenters. The van der Waals surface area contributed by atoms with E-state index in [9.17, 15) is 8.42 Å². The van der Waals surface area contributed by atoms with E-state index in [1.165, 1.54) is 7.05 Å². The van der Waals surface area contributed by atoms with Crippen molar-refractivity contribution in [3.63, 3.8) is 0 Å². The van der Waals surface area contributed by atoms with E-state index in [2.05, 4.69) is 11.8 Å². The summed E-state index contributed by atoms with van der Waals surface area (Å²) >= 11 is 0. The summed E-state index contributed by atoms with van der Waals surface area (Å²) in [5, 5.41) is 8.45. The second-order valence-electron chi connectivity index (χ2n) is 3.87. The maximum Gasteiger partial charge on any atom is 0.227 e. The minimum Gasteiger partial charge on any atom is -0.320 e. The number of rotatable bonds is 4. The minimum absolute atomic E-state index is 0.231. The Labute approximate surface area is 113 Å². The zero-order valence-corrected chi connectivity index (χ0v) is 11.4. The molecular weight excluding hydrogens is 262 g/mol. The van der Waals surface area contributed by atoms with Gasteiger partial charge in [0.1, 0.15) is 0 Å². The molecule has 0 amide bonds. The fourth-order valence-electron chi connectivity index (χ4n) is 1.39. The van der Waals surface area contributed by atoms with Crippen LogP contribution in [0.3, 0.4) is 0 Å². The van der Waals surface area contributed by atoms with Crippen molar-refractivity contribution in [1.82, 2.24) is 4.31 Å². The maximum atomic E-state index is 11.6. The summed E-state index contributed by atoms with van der Waals surface area (Å²) in [6.45, 7) is 0.533. The average molecular weight is 277 g/mol. The predicted octanol–water partition coefficient (Wildman–Crippen LogP) is 0.282. The van der Waals surface area contributed by atoms with Crippen molar-refractivity contribution in [2.45, 2.75) is 6.54 Å². The SMILES string of the molecule is CN(Cc1ccc(C#CCN)cc1)S(=O)(=O)CC#N. The third-order valence-electron chi connectivity index (χ3n) is 2.42. The predicted molar refractivity (Wildman–Crippen MR) is 73.2 cm³/mol. The second kappa shape index (κ2) is 6.91. The number of sulfonamides is 1. The molecule has 0 saturated heterocycles. The molecule has 1 rings (SSSR count). The van der Waals surface area contributed by atoms with Crippen LogP contribution in [0.5, 0.6) is 0 Å². The van der Waals surface area contributed by atoms with Gasteiger partial charge in [0.2, 0.25) is 10.0 Å². The van der Waals surface area contributed by atoms with Crippen LogP contribution in [0.25, 0.3) is 0 Å². The normalized spacial score (nSPS) is 10.6. The molecule has 0 fully saturated rings. The Kier molecular flexibility index (Phi) is 5.53. The molecule has 0 bridgehead atoms. The first-order chi connectivity index (χ1) is 8.99. The van der Waals surface area contributed by atoms with Crippen molar-refractivity contribution in [2.24, 2.45) is 5.73 Å². The van der Waals surface area contributed by atoms with E-state index in [1.54, 1.807) is 18.2 Å². The van der Waals surface area contributed by atoms with Crippen LogP contribution in [0.15, 0.2) is 24.3 Å². The van der Waals surface area contributed by atoms with E-state index in [0.717, 1.165) is 15.4 Å². The molecular formula is C13H15N3O2S. The molecule has 1 aromatic rings. The number of hydrogen-bond donors (Lipinski definition) is 1. The molecule has 0 spiro atoms. The van der Waals surface area contributed by atoms with Crippen LogP contribution in [0.2, 0.25) is 0 Å². The third-order valence-corrected chi connectivity index (χ3v) is 3.99. The highest BCUT2D eigenvalue weighted by molar-refractivity contribution is 7.89. The number of nitrogens with two attached hydrogens (primary N) is 1. The highest BCUT2D eigenvalue weighted by Gasteiger charge is 2.17. The monoisotopic (exact) mass is 277 g/mol. The van der Waals surface area contributed by atoms with E-state index in [1.807, 2.05) is 12.1 Å². The molecule has 0 radical (unpaired) electrons. The molecule has 6 heteroatoms. The Hall–Kier alpha value is -1.86. The van der Waals surface area contributed by atoms with Gasteiger partial charge in [0.25, 0.3) is 0 Å². The van der Waals surface area contributed by atoms with Gasteiger partial charge in [0, 0.05) is 19.2 Å². The van der Waals surface area contributed by atoms with Crippen LogP contribution in [0.1, 0.15) is 11.1 Å². The lowest BCUT2D eigenvalue weighted by atomic mass is 10.1. The highest BCUT2D eigenvalue weighted by atomic mass is 32.2. The van der Waals surface area contributed by atoms with E-state index in [-0.39, 0.29) is 6.54 Å². The standard InChI is InChI=1S/C13H15N3O2S/c1-16(19(17,18)10-9-15)11-13-6-4-12(5-7-13)3-2-8-14/h4-7H,8,10-11,14H2,1H3. The van der Waals surface area contributed by atoms with Crippen molar-refractivity contribution in [2.75, 3.05) is 19.3 Å². The summed E-state index contributed by atoms with van der Waals surface area (Å²) in [6, 6.07) is 8.87. The molecule has 0 aromatic heterocycles. The van der Waals surface area contributed by atoms with Gasteiger partial charge in [-0.05, 0) is 17.7 Å². The summed E-state index contributed by atoms with van der Waals surface area (Å²) in [6.07, 6.45) is 0. The number of hydrogen-bond acceptors (Lipinski definition) is 4. The van der Waals surface area contributed by atoms with Gasteiger partial charge in [0.15, 0.2) is 5.75 Å². The first kappa shape index (κ1) is 15.2. The summed E-state index contributed by atoms with van der Waals surface area (Å²) in [4.78, 5) is 0. The van der Waals surface area contributed by atoms with Crippen LogP contribution in [0.4, 0.5) is 0 Å². The van der Waals surface area contributed by atoms with E-state index in [4.69, 9.17) is 11.0 Å². The van der Waals surface area contributed by atoms with Crippen LogP contribution in [-0.2, 0) is 16.6 Å². The minimum atomic E-state index is -3.51. The molecule has 0 aliphatic carbocycles. The van der Waals surface area contributed by atoms with Crippen molar-refractivity contribution in [1.29, 1.82) is 5.26 Å². The van der Waals surface area contributed by atoms with E-state index in [0.29, 0.717) is 6.54 Å². The lowest BCUT2D eigenvalue weighted by molar-refractivity contribution is 0.469. The van der Waals surface area contributed by atoms with Crippen molar-refractivity contribution in [3.8, 4) is 17.9 Å². The van der Waals surface area contributed by atoms with E-state index >= 15 is 0 Å². The summed E-state index contributed by atoms with van der Waals surface area (Å²) in [7, 11) is -2.05. The quantitative estimate of drug-likeness (QED) is 0.801. The van der Waals surface area contributed by atoms with Crippen LogP contribution < -0.4 is 5.73 Å². The number of nitriles is 1. The summed E-state index contributed by atoms with van der Waals surface area (Å²) in [5.74, 6) is 5.12. The number of benzene rings is 1. The van der Waals surface area contributed by atoms with Crippen LogP contribution in [0, 0.1) is 23.2 Å². The summed E-state index contributed by atoms with van der Waals surface area (Å²) < 4.78 is 24.4. The Bertz CT molecular complexity index is 619. The molecule has 100 valence electrons. The second-order valence-corrected chi connectivity index (χ2v) is 5.95. The highest BCUT2D eigenvalue weighted by Crippen LogP contribution is 2.09. The zero-order valence-electron chi connectivity index (χ0n) is 10.6. The molecule has 0 aliphatic rings. The van der Waals surface area contributed by atoms with Gasteiger partial charge >= 0.3 is 0 Å². The molecule has 0 atom stereocenters. The van der Waals surface area contributed by atoms with Crippen molar-refractivity contribution < 1.29 is 8.42 Å². The zero-order chi connectivity index (χ0) is 14.3. The molecule has 5 nitrogen and oxygen atoms in total. The first-order valence-corrected chi connectivity index (χ1v) is 7.19. The van der Waals surface area contributed by atoms with Crippen molar-refractivity contribution >= 4 is 10.0 Å². The van der Waals surface area contributed by atoms with Gasteiger partial charge in [-0.3, -0.25) is 0 Å². The van der Waals surface area contributed by atoms with Crippen molar-refractivity contribution in [3.05, 3.63) is 35.4 Å². The fraction of sp³-hybridized carbons (Fsp3) is 0.308. The summed E-state index contributed by atoms with van der Waals surface area (Å²) in [5.41, 5.74) is 6.94. The third kappa shape index (κ3) is 4.72. The lowest BCUT2D eigenvalue weighted by Crippen LogP contribution is -2.28. The van der Waals surface area contributed by atoms with Gasteiger partial charge in [-0.2, -0.15) is 9.57 Å². The van der Waals surface area contributed by atoms with Gasteiger partial charge < -0.3 is 5.73 Å². The van der Waals surface area contributed by atoms with E-state index < -0.39 is 15.8 Å². The van der Waals surface area contributed by atoms with Gasteiger partial charge in [0.05, 0.1) is 12.6 Å². The molecule has 1 aromatic carbocycles. The Morgan fingerprint density at radius 2 is 1.95 bits per heavy atom. The molecule has 19 heavy (non-hydrogen) atoms. The van der Waals surface area contributed by atoms with Gasteiger partial charge in [-0.25, -0.2) is 8.42 Å². The maximum absolute atomic E-state index is 11.6. The largest absolute Gasteiger partial charge is 0.320 e. The smallest absolute Gasteiger partial charge is 0.227 e. The Balaban J connectivity index is 2.76. The average Bonchev–Trinajstić information content (AvgIpc) is 2.38. The first-order valence-electron chi connectivity index (χ1n) is 5.58. The molecule has 0 saturated carbocycles. The Morgan fingerprint density at radius 3 is 2.47 bits per heavy atom. The van der Waals surface area contributed by atoms with Gasteiger partial charge in [-0.15, -0.1) is 0 Å². The molecule has 0 aliphatic heterocycles. The van der Waals surface area contributed by atoms with Crippen LogP contribution in [-0.4, -0.2) is 32.1 Å². The molecule has 2 N–H and O–H groups in total. The topological polar surface area (TPSA) is 87.2 Å². The molecule has 0 heterocycles. The van der Waals surface area contributed by atoms with Crippen LogP contribution >= 0.6 is 0 Å². The fourth-order valence-corrected chi connectivity index (χ4v) is 2.12.